The number of hydrogen-bond acceptors (Lipinski definition) is 3. The van der Waals surface area contributed by atoms with Gasteiger partial charge in [0.1, 0.15) is 29.0 Å². The zero-order valence-electron chi connectivity index (χ0n) is 24.7. The topological polar surface area (TPSA) is 27.7 Å². The van der Waals surface area contributed by atoms with Crippen molar-refractivity contribution >= 4 is 10.8 Å². The highest BCUT2D eigenvalue weighted by molar-refractivity contribution is 5.90. The van der Waals surface area contributed by atoms with Gasteiger partial charge in [0.25, 0.3) is 6.29 Å². The molecule has 0 bridgehead atoms. The number of hydrogen-bond donors (Lipinski definition) is 0. The lowest BCUT2D eigenvalue weighted by Crippen LogP contribution is -2.47. The van der Waals surface area contributed by atoms with Gasteiger partial charge in [-0.05, 0) is 58.3 Å². The fourth-order valence-corrected chi connectivity index (χ4v) is 4.94. The largest absolute Gasteiger partial charge is 0.451 e. The van der Waals surface area contributed by atoms with E-state index in [4.69, 9.17) is 14.2 Å². The van der Waals surface area contributed by atoms with E-state index in [2.05, 4.69) is 11.8 Å². The molecule has 0 radical (unpaired) electrons. The summed E-state index contributed by atoms with van der Waals surface area (Å²) in [6.45, 7) is 6.79. The lowest BCUT2D eigenvalue weighted by molar-refractivity contribution is -0.350. The van der Waals surface area contributed by atoms with Gasteiger partial charge < -0.3 is 14.2 Å². The minimum absolute atomic E-state index is 0.0176. The lowest BCUT2D eigenvalue weighted by atomic mass is 9.83. The molecule has 0 N–H and O–H groups in total. The molecule has 4 aromatic carbocycles. The van der Waals surface area contributed by atoms with E-state index in [1.54, 1.807) is 27.7 Å². The smallest absolute Gasteiger partial charge is 0.429 e. The molecule has 12 heteroatoms. The Morgan fingerprint density at radius 3 is 1.96 bits per heavy atom. The number of ether oxygens (including phenoxy) is 3. The molecular weight excluding hydrogens is 627 g/mol. The molecule has 1 aliphatic heterocycles. The van der Waals surface area contributed by atoms with Gasteiger partial charge in [0.2, 0.25) is 0 Å². The minimum atomic E-state index is -3.96. The van der Waals surface area contributed by atoms with Crippen molar-refractivity contribution in [3.05, 3.63) is 99.9 Å². The first-order valence-electron chi connectivity index (χ1n) is 13.9. The molecule has 3 nitrogen and oxygen atoms in total. The normalized spacial score (nSPS) is 17.2. The van der Waals surface area contributed by atoms with E-state index < -0.39 is 80.8 Å². The summed E-state index contributed by atoms with van der Waals surface area (Å²) in [6, 6.07) is 5.22. The van der Waals surface area contributed by atoms with Crippen LogP contribution in [0.4, 0.5) is 39.5 Å². The zero-order valence-corrected chi connectivity index (χ0v) is 24.7. The van der Waals surface area contributed by atoms with Gasteiger partial charge in [-0.1, -0.05) is 39.5 Å². The summed E-state index contributed by atoms with van der Waals surface area (Å²) < 4.78 is 146. The van der Waals surface area contributed by atoms with E-state index in [-0.39, 0.29) is 41.2 Å². The molecular formula is C34H25F9O3. The first kappa shape index (κ1) is 33.2. The van der Waals surface area contributed by atoms with Crippen LogP contribution in [0.15, 0.2) is 42.5 Å². The predicted octanol–water partition coefficient (Wildman–Crippen LogP) is 9.16. The average Bonchev–Trinajstić information content (AvgIpc) is 2.94. The van der Waals surface area contributed by atoms with Gasteiger partial charge in [-0.3, -0.25) is 0 Å². The van der Waals surface area contributed by atoms with E-state index in [9.17, 15) is 22.0 Å². The molecule has 0 aliphatic carbocycles. The molecule has 4 aromatic rings. The lowest BCUT2D eigenvalue weighted by Gasteiger charge is -2.32. The maximum atomic E-state index is 15.4. The Balaban J connectivity index is 1.52. The van der Waals surface area contributed by atoms with Gasteiger partial charge in [-0.25, -0.2) is 30.7 Å². The third-order valence-electron chi connectivity index (χ3n) is 7.15. The Morgan fingerprint density at radius 2 is 1.35 bits per heavy atom. The van der Waals surface area contributed by atoms with Crippen molar-refractivity contribution in [1.82, 2.24) is 0 Å². The van der Waals surface area contributed by atoms with Crippen molar-refractivity contribution in [2.24, 2.45) is 5.92 Å². The molecule has 0 saturated carbocycles. The molecule has 1 fully saturated rings. The maximum Gasteiger partial charge on any atom is 0.451 e. The maximum absolute atomic E-state index is 15.4. The SMILES string of the molecule is CC1COC(C(F)(F)Oc2cc(F)c(C#Cc3cc(F)c4c(F)c(-c5cc(F)c(F)c(F)c5)c(F)cc4c3)c(C(C)(C)C)c2)OC1. The number of benzene rings is 4. The van der Waals surface area contributed by atoms with Crippen LogP contribution in [0.25, 0.3) is 21.9 Å². The van der Waals surface area contributed by atoms with Crippen molar-refractivity contribution in [1.29, 1.82) is 0 Å². The number of alkyl halides is 2. The fraction of sp³-hybridized carbons (Fsp3) is 0.294. The second-order valence-electron chi connectivity index (χ2n) is 12.0. The van der Waals surface area contributed by atoms with Crippen LogP contribution < -0.4 is 4.74 Å². The number of halogens is 9. The van der Waals surface area contributed by atoms with E-state index in [1.807, 2.05) is 0 Å². The van der Waals surface area contributed by atoms with Crippen LogP contribution in [0.2, 0.25) is 0 Å². The second-order valence-corrected chi connectivity index (χ2v) is 12.0. The monoisotopic (exact) mass is 652 g/mol. The third kappa shape index (κ3) is 6.52. The van der Waals surface area contributed by atoms with E-state index in [0.29, 0.717) is 24.3 Å². The van der Waals surface area contributed by atoms with Gasteiger partial charge in [0.15, 0.2) is 17.5 Å². The highest BCUT2D eigenvalue weighted by Gasteiger charge is 2.47. The van der Waals surface area contributed by atoms with Gasteiger partial charge >= 0.3 is 6.11 Å². The summed E-state index contributed by atoms with van der Waals surface area (Å²) in [4.78, 5) is 0. The molecule has 0 aromatic heterocycles. The summed E-state index contributed by atoms with van der Waals surface area (Å²) in [7, 11) is 0. The van der Waals surface area contributed by atoms with Crippen LogP contribution in [-0.2, 0) is 14.9 Å². The van der Waals surface area contributed by atoms with Crippen LogP contribution in [0.3, 0.4) is 0 Å². The minimum Gasteiger partial charge on any atom is -0.429 e. The Bertz CT molecular complexity index is 1870. The third-order valence-corrected chi connectivity index (χ3v) is 7.15. The molecule has 0 amide bonds. The van der Waals surface area contributed by atoms with Gasteiger partial charge in [0, 0.05) is 17.5 Å². The molecule has 5 rings (SSSR count). The molecule has 0 atom stereocenters. The van der Waals surface area contributed by atoms with Crippen molar-refractivity contribution in [2.75, 3.05) is 13.2 Å². The Kier molecular flexibility index (Phi) is 8.79. The summed E-state index contributed by atoms with van der Waals surface area (Å²) in [5.41, 5.74) is -2.74. The van der Waals surface area contributed by atoms with Crippen LogP contribution in [-0.4, -0.2) is 25.6 Å². The Hall–Kier alpha value is -4.21. The highest BCUT2D eigenvalue weighted by Crippen LogP contribution is 2.37. The van der Waals surface area contributed by atoms with E-state index >= 15 is 17.6 Å². The van der Waals surface area contributed by atoms with Crippen molar-refractivity contribution < 1.29 is 53.7 Å². The summed E-state index contributed by atoms with van der Waals surface area (Å²) in [5, 5.41) is -1.06. The van der Waals surface area contributed by atoms with Crippen LogP contribution in [0, 0.1) is 58.5 Å². The summed E-state index contributed by atoms with van der Waals surface area (Å²) in [6.07, 6.45) is -5.96. The van der Waals surface area contributed by atoms with Gasteiger partial charge in [0.05, 0.1) is 29.7 Å². The van der Waals surface area contributed by atoms with Gasteiger partial charge in [-0.2, -0.15) is 8.78 Å². The second kappa shape index (κ2) is 12.2. The van der Waals surface area contributed by atoms with Crippen molar-refractivity contribution in [2.45, 2.75) is 45.5 Å². The zero-order chi connectivity index (χ0) is 33.7. The van der Waals surface area contributed by atoms with Crippen molar-refractivity contribution in [3.63, 3.8) is 0 Å². The van der Waals surface area contributed by atoms with Crippen molar-refractivity contribution in [3.8, 4) is 28.7 Å². The predicted molar refractivity (Wildman–Crippen MR) is 151 cm³/mol. The molecule has 0 unspecified atom stereocenters. The number of rotatable bonds is 4. The first-order chi connectivity index (χ1) is 21.5. The molecule has 1 aliphatic rings. The quantitative estimate of drug-likeness (QED) is 0.125. The average molecular weight is 653 g/mol. The van der Waals surface area contributed by atoms with E-state index in [0.717, 1.165) is 12.1 Å². The number of fused-ring (bicyclic) bond motifs is 1. The van der Waals surface area contributed by atoms with Crippen LogP contribution >= 0.6 is 0 Å². The highest BCUT2D eigenvalue weighted by atomic mass is 19.3. The van der Waals surface area contributed by atoms with E-state index in [1.165, 1.54) is 6.07 Å². The van der Waals surface area contributed by atoms with Crippen LogP contribution in [0.5, 0.6) is 5.75 Å². The molecule has 242 valence electrons. The first-order valence-corrected chi connectivity index (χ1v) is 13.9. The standard InChI is InChI=1S/C34H25F9O3/c1-16-14-44-32(45-15-16)34(42,43)46-20-12-22(33(2,3)4)21(23(35)13-20)6-5-17-7-18-9-25(37)29(31(41)28(18)24(36)8-17)19-10-26(38)30(40)27(39)11-19/h7-13,16,32H,14-15H2,1-4H3. The summed E-state index contributed by atoms with van der Waals surface area (Å²) >= 11 is 0. The Labute approximate surface area is 257 Å². The molecule has 46 heavy (non-hydrogen) atoms. The van der Waals surface area contributed by atoms with Gasteiger partial charge in [-0.15, -0.1) is 0 Å². The van der Waals surface area contributed by atoms with Crippen LogP contribution in [0.1, 0.15) is 44.4 Å². The molecule has 1 heterocycles. The molecule has 0 spiro atoms. The summed E-state index contributed by atoms with van der Waals surface area (Å²) in [5.74, 6) is -5.87. The molecule has 1 saturated heterocycles. The fourth-order valence-electron chi connectivity index (χ4n) is 4.94. The Morgan fingerprint density at radius 1 is 0.717 bits per heavy atom.